The molecule has 2 aliphatic rings. The molecule has 4 heteroatoms. The molecule has 2 aliphatic heterocycles. The molecule has 0 spiro atoms. The van der Waals surface area contributed by atoms with E-state index in [2.05, 4.69) is 10.6 Å². The van der Waals surface area contributed by atoms with Crippen molar-refractivity contribution in [2.24, 2.45) is 5.92 Å². The zero-order chi connectivity index (χ0) is 11.8. The maximum atomic E-state index is 9.63. The fourth-order valence-electron chi connectivity index (χ4n) is 3.14. The molecule has 0 saturated carbocycles. The summed E-state index contributed by atoms with van der Waals surface area (Å²) in [5.74, 6) is 0.797. The minimum absolute atomic E-state index is 0.121. The first-order valence-electron chi connectivity index (χ1n) is 6.20. The Hall–Kier alpha value is -1.26. The number of phenolic OH excluding ortho intramolecular Hbond substituents is 1. The zero-order valence-electron chi connectivity index (χ0n) is 9.69. The van der Waals surface area contributed by atoms with Gasteiger partial charge in [0, 0.05) is 30.1 Å². The largest absolute Gasteiger partial charge is 0.508 e. The van der Waals surface area contributed by atoms with E-state index in [1.54, 1.807) is 12.1 Å². The third-order valence-corrected chi connectivity index (χ3v) is 4.02. The van der Waals surface area contributed by atoms with Crippen LogP contribution in [-0.4, -0.2) is 36.0 Å². The van der Waals surface area contributed by atoms with Crippen LogP contribution >= 0.6 is 0 Å². The predicted molar refractivity (Wildman–Crippen MR) is 66.3 cm³/mol. The number of hydrogen-bond acceptors (Lipinski definition) is 4. The molecular weight excluding hydrogens is 216 g/mol. The van der Waals surface area contributed by atoms with E-state index in [0.29, 0.717) is 12.0 Å². The first-order valence-corrected chi connectivity index (χ1v) is 6.20. The standard InChI is InChI=1S/C13H18N2O2/c16-7-11-9-5-8(17)1-2-12(9)15-13-3-4-14-6-10(11)13/h1-2,5,10-11,13-17H,3-4,6-7H2. The lowest BCUT2D eigenvalue weighted by Gasteiger charge is -2.43. The van der Waals surface area contributed by atoms with Crippen molar-refractivity contribution in [1.29, 1.82) is 0 Å². The van der Waals surface area contributed by atoms with Crippen molar-refractivity contribution in [3.05, 3.63) is 23.8 Å². The molecule has 1 saturated heterocycles. The Bertz CT molecular complexity index is 422. The van der Waals surface area contributed by atoms with Gasteiger partial charge in [-0.2, -0.15) is 0 Å². The number of hydrogen-bond donors (Lipinski definition) is 4. The summed E-state index contributed by atoms with van der Waals surface area (Å²) in [5.41, 5.74) is 2.10. The van der Waals surface area contributed by atoms with Gasteiger partial charge in [-0.1, -0.05) is 0 Å². The molecule has 0 amide bonds. The number of aromatic hydroxyl groups is 1. The number of aliphatic hydroxyl groups is 1. The maximum absolute atomic E-state index is 9.63. The molecule has 3 atom stereocenters. The van der Waals surface area contributed by atoms with Gasteiger partial charge in [0.25, 0.3) is 0 Å². The van der Waals surface area contributed by atoms with Gasteiger partial charge in [-0.3, -0.25) is 0 Å². The van der Waals surface area contributed by atoms with Gasteiger partial charge in [-0.25, -0.2) is 0 Å². The topological polar surface area (TPSA) is 64.5 Å². The maximum Gasteiger partial charge on any atom is 0.116 e. The zero-order valence-corrected chi connectivity index (χ0v) is 9.69. The van der Waals surface area contributed by atoms with E-state index in [-0.39, 0.29) is 18.3 Å². The average molecular weight is 234 g/mol. The number of anilines is 1. The highest BCUT2D eigenvalue weighted by Crippen LogP contribution is 2.41. The quantitative estimate of drug-likeness (QED) is 0.545. The van der Waals surface area contributed by atoms with Crippen molar-refractivity contribution in [2.45, 2.75) is 18.4 Å². The number of piperidine rings is 1. The first-order chi connectivity index (χ1) is 8.29. The van der Waals surface area contributed by atoms with E-state index in [9.17, 15) is 10.2 Å². The monoisotopic (exact) mass is 234 g/mol. The van der Waals surface area contributed by atoms with Gasteiger partial charge in [0.05, 0.1) is 6.61 Å². The van der Waals surface area contributed by atoms with Gasteiger partial charge in [-0.05, 0) is 36.7 Å². The van der Waals surface area contributed by atoms with Crippen molar-refractivity contribution in [2.75, 3.05) is 25.0 Å². The molecule has 1 aromatic carbocycles. The molecule has 4 N–H and O–H groups in total. The van der Waals surface area contributed by atoms with E-state index in [1.165, 1.54) is 0 Å². The van der Waals surface area contributed by atoms with Crippen LogP contribution in [0.1, 0.15) is 17.9 Å². The van der Waals surface area contributed by atoms with Gasteiger partial charge in [-0.15, -0.1) is 0 Å². The molecule has 0 aromatic heterocycles. The highest BCUT2D eigenvalue weighted by molar-refractivity contribution is 5.59. The second-order valence-electron chi connectivity index (χ2n) is 4.97. The van der Waals surface area contributed by atoms with Crippen molar-refractivity contribution >= 4 is 5.69 Å². The van der Waals surface area contributed by atoms with Crippen molar-refractivity contribution in [3.8, 4) is 5.75 Å². The smallest absolute Gasteiger partial charge is 0.116 e. The fraction of sp³-hybridized carbons (Fsp3) is 0.538. The summed E-state index contributed by atoms with van der Waals surface area (Å²) in [6.07, 6.45) is 1.08. The second-order valence-corrected chi connectivity index (χ2v) is 4.97. The minimum atomic E-state index is 0.121. The minimum Gasteiger partial charge on any atom is -0.508 e. The Kier molecular flexibility index (Phi) is 2.68. The van der Waals surface area contributed by atoms with Crippen LogP contribution in [0.25, 0.3) is 0 Å². The van der Waals surface area contributed by atoms with Gasteiger partial charge in [0.1, 0.15) is 5.75 Å². The summed E-state index contributed by atoms with van der Waals surface area (Å²) in [4.78, 5) is 0. The molecule has 92 valence electrons. The third kappa shape index (κ3) is 1.77. The normalized spacial score (nSPS) is 31.2. The highest BCUT2D eigenvalue weighted by Gasteiger charge is 2.37. The van der Waals surface area contributed by atoms with Gasteiger partial charge in [0.15, 0.2) is 0 Å². The van der Waals surface area contributed by atoms with Crippen LogP contribution in [0.15, 0.2) is 18.2 Å². The van der Waals surface area contributed by atoms with E-state index in [1.807, 2.05) is 6.07 Å². The van der Waals surface area contributed by atoms with Crippen LogP contribution in [0.5, 0.6) is 5.75 Å². The fourth-order valence-corrected chi connectivity index (χ4v) is 3.14. The summed E-state index contributed by atoms with van der Waals surface area (Å²) >= 11 is 0. The third-order valence-electron chi connectivity index (χ3n) is 4.02. The van der Waals surface area contributed by atoms with Crippen molar-refractivity contribution < 1.29 is 10.2 Å². The molecule has 1 aromatic rings. The molecule has 3 rings (SSSR count). The number of fused-ring (bicyclic) bond motifs is 2. The van der Waals surface area contributed by atoms with Gasteiger partial charge >= 0.3 is 0 Å². The Balaban J connectivity index is 2.01. The van der Waals surface area contributed by atoms with E-state index in [0.717, 1.165) is 30.8 Å². The second kappa shape index (κ2) is 4.20. The number of phenols is 1. The summed E-state index contributed by atoms with van der Waals surface area (Å²) < 4.78 is 0. The average Bonchev–Trinajstić information content (AvgIpc) is 2.36. The lowest BCUT2D eigenvalue weighted by molar-refractivity contribution is 0.188. The van der Waals surface area contributed by atoms with Gasteiger partial charge < -0.3 is 20.8 Å². The van der Waals surface area contributed by atoms with E-state index < -0.39 is 0 Å². The summed E-state index contributed by atoms with van der Waals surface area (Å²) in [7, 11) is 0. The molecule has 1 fully saturated rings. The Morgan fingerprint density at radius 1 is 1.35 bits per heavy atom. The van der Waals surface area contributed by atoms with Crippen LogP contribution in [0.3, 0.4) is 0 Å². The predicted octanol–water partition coefficient (Wildman–Crippen LogP) is 0.872. The van der Waals surface area contributed by atoms with E-state index >= 15 is 0 Å². The van der Waals surface area contributed by atoms with Crippen molar-refractivity contribution in [1.82, 2.24) is 5.32 Å². The molecule has 4 nitrogen and oxygen atoms in total. The Morgan fingerprint density at radius 3 is 3.06 bits per heavy atom. The number of rotatable bonds is 1. The SMILES string of the molecule is OCC1c2cc(O)ccc2NC2CCNCC21. The molecule has 2 heterocycles. The van der Waals surface area contributed by atoms with E-state index in [4.69, 9.17) is 0 Å². The summed E-state index contributed by atoms with van der Waals surface area (Å²) in [6.45, 7) is 2.10. The molecule has 0 bridgehead atoms. The lowest BCUT2D eigenvalue weighted by Crippen LogP contribution is -2.49. The Morgan fingerprint density at radius 2 is 2.24 bits per heavy atom. The van der Waals surface area contributed by atoms with Gasteiger partial charge in [0.2, 0.25) is 0 Å². The molecule has 0 aliphatic carbocycles. The summed E-state index contributed by atoms with van der Waals surface area (Å²) in [5, 5.41) is 26.1. The summed E-state index contributed by atoms with van der Waals surface area (Å²) in [6, 6.07) is 5.81. The number of benzene rings is 1. The first kappa shape index (κ1) is 10.9. The molecule has 0 radical (unpaired) electrons. The van der Waals surface area contributed by atoms with Crippen LogP contribution < -0.4 is 10.6 Å². The van der Waals surface area contributed by atoms with Crippen LogP contribution in [0, 0.1) is 5.92 Å². The van der Waals surface area contributed by atoms with Crippen LogP contribution in [-0.2, 0) is 0 Å². The molecular formula is C13H18N2O2. The number of aliphatic hydroxyl groups excluding tert-OH is 1. The highest BCUT2D eigenvalue weighted by atomic mass is 16.3. The van der Waals surface area contributed by atoms with Crippen LogP contribution in [0.4, 0.5) is 5.69 Å². The van der Waals surface area contributed by atoms with Crippen LogP contribution in [0.2, 0.25) is 0 Å². The van der Waals surface area contributed by atoms with Crippen molar-refractivity contribution in [3.63, 3.8) is 0 Å². The Labute approximate surface area is 101 Å². The molecule has 17 heavy (non-hydrogen) atoms. The number of nitrogens with one attached hydrogen (secondary N) is 2. The lowest BCUT2D eigenvalue weighted by atomic mass is 9.75. The molecule has 3 unspecified atom stereocenters.